The lowest BCUT2D eigenvalue weighted by molar-refractivity contribution is 0.920. The number of nitrogens with zero attached hydrogens (tertiary/aromatic N) is 3. The van der Waals surface area contributed by atoms with E-state index in [2.05, 4.69) is 12.1 Å². The maximum Gasteiger partial charge on any atom is 0.101 e. The van der Waals surface area contributed by atoms with Crippen LogP contribution in [0.5, 0.6) is 0 Å². The predicted molar refractivity (Wildman–Crippen MR) is 79.4 cm³/mol. The third kappa shape index (κ3) is 3.09. The Morgan fingerprint density at radius 3 is 2.35 bits per heavy atom. The highest BCUT2D eigenvalue weighted by Crippen LogP contribution is 2.24. The van der Waals surface area contributed by atoms with E-state index < -0.39 is 0 Å². The number of hydrogen-bond acceptors (Lipinski definition) is 3. The number of hydrogen-bond donors (Lipinski definition) is 0. The molecule has 20 heavy (non-hydrogen) atoms. The van der Waals surface area contributed by atoms with Crippen molar-refractivity contribution in [3.63, 3.8) is 0 Å². The van der Waals surface area contributed by atoms with Crippen molar-refractivity contribution in [2.45, 2.75) is 6.54 Å². The van der Waals surface area contributed by atoms with E-state index in [0.717, 1.165) is 11.3 Å². The van der Waals surface area contributed by atoms with Crippen LogP contribution in [0.2, 0.25) is 5.02 Å². The third-order valence-corrected chi connectivity index (χ3v) is 3.23. The van der Waals surface area contributed by atoms with E-state index in [-0.39, 0.29) is 0 Å². The molecule has 0 saturated carbocycles. The van der Waals surface area contributed by atoms with Gasteiger partial charge in [0.2, 0.25) is 0 Å². The maximum absolute atomic E-state index is 9.15. The Kier molecular flexibility index (Phi) is 4.25. The molecular weight excluding hydrogens is 270 g/mol. The van der Waals surface area contributed by atoms with Crippen molar-refractivity contribution in [3.8, 4) is 12.1 Å². The van der Waals surface area contributed by atoms with Crippen LogP contribution in [0.4, 0.5) is 5.69 Å². The Morgan fingerprint density at radius 1 is 1.05 bits per heavy atom. The van der Waals surface area contributed by atoms with Gasteiger partial charge in [0.15, 0.2) is 0 Å². The van der Waals surface area contributed by atoms with Gasteiger partial charge in [-0.05, 0) is 35.9 Å². The van der Waals surface area contributed by atoms with Crippen LogP contribution in [-0.4, -0.2) is 7.05 Å². The van der Waals surface area contributed by atoms with E-state index >= 15 is 0 Å². The van der Waals surface area contributed by atoms with Gasteiger partial charge < -0.3 is 4.90 Å². The zero-order valence-corrected chi connectivity index (χ0v) is 11.7. The molecule has 0 bridgehead atoms. The average molecular weight is 282 g/mol. The summed E-state index contributed by atoms with van der Waals surface area (Å²) >= 11 is 5.89. The lowest BCUT2D eigenvalue weighted by Crippen LogP contribution is -2.17. The van der Waals surface area contributed by atoms with Gasteiger partial charge >= 0.3 is 0 Å². The first kappa shape index (κ1) is 13.9. The maximum atomic E-state index is 9.15. The number of rotatable bonds is 3. The molecular formula is C16H12ClN3. The number of halogens is 1. The summed E-state index contributed by atoms with van der Waals surface area (Å²) in [7, 11) is 1.92. The molecule has 0 fully saturated rings. The van der Waals surface area contributed by atoms with E-state index in [1.165, 1.54) is 0 Å². The minimum atomic E-state index is 0.550. The summed E-state index contributed by atoms with van der Waals surface area (Å²) in [5, 5.41) is 18.5. The molecule has 0 amide bonds. The number of nitriles is 2. The predicted octanol–water partition coefficient (Wildman–Crippen LogP) is 3.72. The van der Waals surface area contributed by atoms with Gasteiger partial charge in [0.25, 0.3) is 0 Å². The second-order valence-corrected chi connectivity index (χ2v) is 4.87. The molecule has 4 heteroatoms. The molecule has 2 rings (SSSR count). The Bertz CT molecular complexity index is 693. The van der Waals surface area contributed by atoms with Gasteiger partial charge in [-0.25, -0.2) is 0 Å². The van der Waals surface area contributed by atoms with Crippen LogP contribution in [0, 0.1) is 22.7 Å². The van der Waals surface area contributed by atoms with Crippen molar-refractivity contribution in [1.82, 2.24) is 0 Å². The number of benzene rings is 2. The number of anilines is 1. The van der Waals surface area contributed by atoms with Crippen LogP contribution < -0.4 is 4.90 Å². The fraction of sp³-hybridized carbons (Fsp3) is 0.125. The molecule has 98 valence electrons. The summed E-state index contributed by atoms with van der Waals surface area (Å²) in [4.78, 5) is 1.98. The fourth-order valence-electron chi connectivity index (χ4n) is 1.97. The van der Waals surface area contributed by atoms with Gasteiger partial charge in [-0.1, -0.05) is 23.7 Å². The molecule has 0 aliphatic carbocycles. The van der Waals surface area contributed by atoms with Gasteiger partial charge in [-0.3, -0.25) is 0 Å². The minimum absolute atomic E-state index is 0.550. The smallest absolute Gasteiger partial charge is 0.101 e. The quantitative estimate of drug-likeness (QED) is 0.861. The molecule has 2 aromatic carbocycles. The zero-order chi connectivity index (χ0) is 14.5. The van der Waals surface area contributed by atoms with E-state index in [1.54, 1.807) is 24.3 Å². The Morgan fingerprint density at radius 2 is 1.75 bits per heavy atom. The van der Waals surface area contributed by atoms with Crippen molar-refractivity contribution >= 4 is 17.3 Å². The summed E-state index contributed by atoms with van der Waals surface area (Å²) in [5.41, 5.74) is 3.10. The highest BCUT2D eigenvalue weighted by molar-refractivity contribution is 6.30. The van der Waals surface area contributed by atoms with Crippen molar-refractivity contribution in [2.24, 2.45) is 0 Å². The van der Waals surface area contributed by atoms with Crippen LogP contribution in [0.25, 0.3) is 0 Å². The highest BCUT2D eigenvalue weighted by atomic mass is 35.5. The van der Waals surface area contributed by atoms with Gasteiger partial charge in [-0.2, -0.15) is 10.5 Å². The Hall–Kier alpha value is -2.49. The summed E-state index contributed by atoms with van der Waals surface area (Å²) < 4.78 is 0. The third-order valence-electron chi connectivity index (χ3n) is 2.99. The van der Waals surface area contributed by atoms with Crippen LogP contribution in [0.3, 0.4) is 0 Å². The average Bonchev–Trinajstić information content (AvgIpc) is 2.47. The van der Waals surface area contributed by atoms with Crippen molar-refractivity contribution in [2.75, 3.05) is 11.9 Å². The second kappa shape index (κ2) is 6.10. The van der Waals surface area contributed by atoms with Crippen LogP contribution >= 0.6 is 11.6 Å². The summed E-state index contributed by atoms with van der Waals surface area (Å²) in [6.07, 6.45) is 0. The Balaban J connectivity index is 2.22. The van der Waals surface area contributed by atoms with E-state index in [0.29, 0.717) is 22.7 Å². The zero-order valence-electron chi connectivity index (χ0n) is 11.0. The molecule has 0 unspecified atom stereocenters. The van der Waals surface area contributed by atoms with Gasteiger partial charge in [0.05, 0.1) is 22.9 Å². The molecule has 0 aliphatic heterocycles. The standard InChI is InChI=1S/C16H12ClN3/c1-20(11-13-4-2-12(9-18)3-5-13)16-7-6-15(17)8-14(16)10-19/h2-8H,11H2,1H3. The van der Waals surface area contributed by atoms with Crippen molar-refractivity contribution < 1.29 is 0 Å². The molecule has 3 nitrogen and oxygen atoms in total. The fourth-order valence-corrected chi connectivity index (χ4v) is 2.15. The molecule has 0 aromatic heterocycles. The van der Waals surface area contributed by atoms with Crippen LogP contribution in [-0.2, 0) is 6.54 Å². The van der Waals surface area contributed by atoms with E-state index in [9.17, 15) is 0 Å². The highest BCUT2D eigenvalue weighted by Gasteiger charge is 2.08. The summed E-state index contributed by atoms with van der Waals surface area (Å²) in [6, 6.07) is 16.9. The molecule has 0 heterocycles. The van der Waals surface area contributed by atoms with Gasteiger partial charge in [0.1, 0.15) is 6.07 Å². The first-order valence-corrected chi connectivity index (χ1v) is 6.41. The van der Waals surface area contributed by atoms with Crippen molar-refractivity contribution in [1.29, 1.82) is 10.5 Å². The van der Waals surface area contributed by atoms with Crippen LogP contribution in [0.1, 0.15) is 16.7 Å². The SMILES string of the molecule is CN(Cc1ccc(C#N)cc1)c1ccc(Cl)cc1C#N. The topological polar surface area (TPSA) is 50.8 Å². The minimum Gasteiger partial charge on any atom is -0.369 e. The second-order valence-electron chi connectivity index (χ2n) is 4.44. The Labute approximate surface area is 123 Å². The van der Waals surface area contributed by atoms with Gasteiger partial charge in [0, 0.05) is 18.6 Å². The molecule has 0 spiro atoms. The van der Waals surface area contributed by atoms with E-state index in [4.69, 9.17) is 22.1 Å². The van der Waals surface area contributed by atoms with E-state index in [1.807, 2.05) is 30.1 Å². The first-order chi connectivity index (χ1) is 9.63. The molecule has 2 aromatic rings. The normalized spacial score (nSPS) is 9.60. The summed E-state index contributed by atoms with van der Waals surface area (Å²) in [5.74, 6) is 0. The molecule has 0 saturated heterocycles. The monoisotopic (exact) mass is 281 g/mol. The van der Waals surface area contributed by atoms with Crippen molar-refractivity contribution in [3.05, 3.63) is 64.2 Å². The molecule has 0 radical (unpaired) electrons. The molecule has 0 aliphatic rings. The van der Waals surface area contributed by atoms with Crippen LogP contribution in [0.15, 0.2) is 42.5 Å². The lowest BCUT2D eigenvalue weighted by Gasteiger charge is -2.20. The summed E-state index contributed by atoms with van der Waals surface area (Å²) in [6.45, 7) is 0.655. The molecule has 0 N–H and O–H groups in total. The largest absolute Gasteiger partial charge is 0.369 e. The lowest BCUT2D eigenvalue weighted by atomic mass is 10.1. The van der Waals surface area contributed by atoms with Gasteiger partial charge in [-0.15, -0.1) is 0 Å². The molecule has 0 atom stereocenters. The first-order valence-electron chi connectivity index (χ1n) is 6.04.